The maximum absolute atomic E-state index is 12.5. The van der Waals surface area contributed by atoms with Crippen LogP contribution >= 0.6 is 12.4 Å². The van der Waals surface area contributed by atoms with Gasteiger partial charge in [-0.2, -0.15) is 0 Å². The first kappa shape index (κ1) is 17.8. The Morgan fingerprint density at radius 1 is 1.22 bits per heavy atom. The van der Waals surface area contributed by atoms with Crippen molar-refractivity contribution >= 4 is 23.4 Å². The molecule has 23 heavy (non-hydrogen) atoms. The van der Waals surface area contributed by atoms with E-state index in [1.54, 1.807) is 19.1 Å². The summed E-state index contributed by atoms with van der Waals surface area (Å²) >= 11 is 0. The van der Waals surface area contributed by atoms with Gasteiger partial charge in [0.15, 0.2) is 5.43 Å². The highest BCUT2D eigenvalue weighted by atomic mass is 35.5. The van der Waals surface area contributed by atoms with E-state index in [0.29, 0.717) is 35.3 Å². The minimum atomic E-state index is 0. The van der Waals surface area contributed by atoms with Crippen LogP contribution in [-0.4, -0.2) is 23.1 Å². The number of aryl methyl sites for hydroxylation is 1. The Bertz CT molecular complexity index is 748. The highest BCUT2D eigenvalue weighted by Crippen LogP contribution is 2.29. The summed E-state index contributed by atoms with van der Waals surface area (Å²) in [6.07, 6.45) is 4.33. The molecule has 0 atom stereocenters. The van der Waals surface area contributed by atoms with E-state index in [2.05, 4.69) is 4.90 Å². The van der Waals surface area contributed by atoms with Crippen molar-refractivity contribution in [1.82, 2.24) is 4.90 Å². The number of phenolic OH excluding ortho intramolecular Hbond substituents is 1. The second-order valence-corrected chi connectivity index (χ2v) is 6.11. The summed E-state index contributed by atoms with van der Waals surface area (Å²) in [5.41, 5.74) is 1.98. The molecule has 1 aromatic carbocycles. The average molecular weight is 338 g/mol. The van der Waals surface area contributed by atoms with Crippen LogP contribution < -0.4 is 5.43 Å². The third-order valence-corrected chi connectivity index (χ3v) is 4.62. The van der Waals surface area contributed by atoms with Gasteiger partial charge in [0.25, 0.3) is 0 Å². The van der Waals surface area contributed by atoms with E-state index in [1.807, 2.05) is 6.92 Å². The molecule has 0 unspecified atom stereocenters. The predicted octanol–water partition coefficient (Wildman–Crippen LogP) is 3.78. The zero-order valence-corrected chi connectivity index (χ0v) is 14.5. The summed E-state index contributed by atoms with van der Waals surface area (Å²) in [4.78, 5) is 14.8. The number of rotatable bonds is 3. The maximum atomic E-state index is 12.5. The number of piperidine rings is 1. The standard InChI is InChI=1S/C18H23NO3.ClH/c1-3-16-12(2)17(21)13-7-8-15(20)14(18(13)22-16)11-19-9-5-4-6-10-19;/h7-8,20H,3-6,9-11H2,1-2H3;1H. The fourth-order valence-corrected chi connectivity index (χ4v) is 3.27. The molecule has 0 saturated carbocycles. The minimum absolute atomic E-state index is 0. The lowest BCUT2D eigenvalue weighted by Gasteiger charge is -2.26. The van der Waals surface area contributed by atoms with Crippen LogP contribution in [0.4, 0.5) is 0 Å². The van der Waals surface area contributed by atoms with Crippen molar-refractivity contribution in [1.29, 1.82) is 0 Å². The smallest absolute Gasteiger partial charge is 0.195 e. The van der Waals surface area contributed by atoms with Crippen LogP contribution in [0.5, 0.6) is 5.75 Å². The molecule has 1 saturated heterocycles. The lowest BCUT2D eigenvalue weighted by atomic mass is 10.0. The van der Waals surface area contributed by atoms with E-state index in [4.69, 9.17) is 4.42 Å². The van der Waals surface area contributed by atoms with Crippen molar-refractivity contribution in [3.8, 4) is 5.75 Å². The Labute approximate surface area is 142 Å². The van der Waals surface area contributed by atoms with Gasteiger partial charge in [0.2, 0.25) is 0 Å². The number of likely N-dealkylation sites (tertiary alicyclic amines) is 1. The van der Waals surface area contributed by atoms with Gasteiger partial charge in [-0.1, -0.05) is 13.3 Å². The first-order valence-corrected chi connectivity index (χ1v) is 8.11. The van der Waals surface area contributed by atoms with Gasteiger partial charge in [-0.15, -0.1) is 12.4 Å². The number of fused-ring (bicyclic) bond motifs is 1. The van der Waals surface area contributed by atoms with Gasteiger partial charge in [-0.05, 0) is 45.0 Å². The van der Waals surface area contributed by atoms with Gasteiger partial charge in [0.05, 0.1) is 10.9 Å². The average Bonchev–Trinajstić information content (AvgIpc) is 2.54. The van der Waals surface area contributed by atoms with E-state index in [1.165, 1.54) is 19.3 Å². The van der Waals surface area contributed by atoms with Crippen molar-refractivity contribution in [3.05, 3.63) is 39.2 Å². The number of hydrogen-bond acceptors (Lipinski definition) is 4. The maximum Gasteiger partial charge on any atom is 0.195 e. The Balaban J connectivity index is 0.00000192. The SMILES string of the molecule is CCc1oc2c(CN3CCCCC3)c(O)ccc2c(=O)c1C.Cl. The highest BCUT2D eigenvalue weighted by Gasteiger charge is 2.19. The molecule has 4 nitrogen and oxygen atoms in total. The Morgan fingerprint density at radius 3 is 2.57 bits per heavy atom. The highest BCUT2D eigenvalue weighted by molar-refractivity contribution is 5.85. The van der Waals surface area contributed by atoms with Gasteiger partial charge in [-0.3, -0.25) is 9.69 Å². The molecule has 0 spiro atoms. The Kier molecular flexibility index (Phi) is 5.71. The van der Waals surface area contributed by atoms with Crippen molar-refractivity contribution in [2.45, 2.75) is 46.1 Å². The van der Waals surface area contributed by atoms with Crippen molar-refractivity contribution in [3.63, 3.8) is 0 Å². The van der Waals surface area contributed by atoms with Crippen LogP contribution in [0.25, 0.3) is 11.0 Å². The lowest BCUT2D eigenvalue weighted by Crippen LogP contribution is -2.29. The molecule has 1 aromatic heterocycles. The monoisotopic (exact) mass is 337 g/mol. The Hall–Kier alpha value is -1.52. The molecule has 126 valence electrons. The summed E-state index contributed by atoms with van der Waals surface area (Å²) in [6.45, 7) is 6.49. The number of nitrogens with zero attached hydrogens (tertiary/aromatic N) is 1. The molecule has 2 heterocycles. The van der Waals surface area contributed by atoms with E-state index >= 15 is 0 Å². The predicted molar refractivity (Wildman–Crippen MR) is 94.6 cm³/mol. The summed E-state index contributed by atoms with van der Waals surface area (Å²) in [7, 11) is 0. The van der Waals surface area contributed by atoms with E-state index in [0.717, 1.165) is 18.7 Å². The molecule has 5 heteroatoms. The van der Waals surface area contributed by atoms with Gasteiger partial charge < -0.3 is 9.52 Å². The van der Waals surface area contributed by atoms with E-state index < -0.39 is 0 Å². The van der Waals surface area contributed by atoms with Crippen LogP contribution in [0, 0.1) is 6.92 Å². The molecule has 1 aliphatic rings. The fraction of sp³-hybridized carbons (Fsp3) is 0.500. The number of benzene rings is 1. The molecule has 2 aromatic rings. The fourth-order valence-electron chi connectivity index (χ4n) is 3.27. The van der Waals surface area contributed by atoms with Crippen molar-refractivity contribution in [2.24, 2.45) is 0 Å². The quantitative estimate of drug-likeness (QED) is 0.926. The molecule has 1 aliphatic heterocycles. The van der Waals surface area contributed by atoms with Gasteiger partial charge in [0.1, 0.15) is 17.1 Å². The molecule has 0 bridgehead atoms. The van der Waals surface area contributed by atoms with Crippen LogP contribution in [0.15, 0.2) is 21.3 Å². The number of phenols is 1. The third kappa shape index (κ3) is 3.38. The van der Waals surface area contributed by atoms with E-state index in [-0.39, 0.29) is 23.6 Å². The first-order chi connectivity index (χ1) is 10.6. The summed E-state index contributed by atoms with van der Waals surface area (Å²) in [5.74, 6) is 0.926. The normalized spacial score (nSPS) is 15.6. The van der Waals surface area contributed by atoms with Crippen LogP contribution in [0.1, 0.15) is 43.1 Å². The molecular weight excluding hydrogens is 314 g/mol. The third-order valence-electron chi connectivity index (χ3n) is 4.62. The molecular formula is C18H24ClNO3. The van der Waals surface area contributed by atoms with Crippen LogP contribution in [-0.2, 0) is 13.0 Å². The minimum Gasteiger partial charge on any atom is -0.507 e. The molecule has 0 aliphatic carbocycles. The molecule has 0 amide bonds. The molecule has 0 radical (unpaired) electrons. The van der Waals surface area contributed by atoms with Crippen molar-refractivity contribution in [2.75, 3.05) is 13.1 Å². The van der Waals surface area contributed by atoms with Crippen LogP contribution in [0.3, 0.4) is 0 Å². The molecule has 1 fully saturated rings. The zero-order chi connectivity index (χ0) is 15.7. The lowest BCUT2D eigenvalue weighted by molar-refractivity contribution is 0.218. The topological polar surface area (TPSA) is 53.7 Å². The Morgan fingerprint density at radius 2 is 1.91 bits per heavy atom. The molecule has 3 rings (SSSR count). The second kappa shape index (κ2) is 7.37. The van der Waals surface area contributed by atoms with Gasteiger partial charge in [-0.25, -0.2) is 0 Å². The van der Waals surface area contributed by atoms with Crippen LogP contribution in [0.2, 0.25) is 0 Å². The van der Waals surface area contributed by atoms with Crippen molar-refractivity contribution < 1.29 is 9.52 Å². The van der Waals surface area contributed by atoms with E-state index in [9.17, 15) is 9.90 Å². The second-order valence-electron chi connectivity index (χ2n) is 6.11. The summed E-state index contributed by atoms with van der Waals surface area (Å²) in [6, 6.07) is 3.28. The number of halogens is 1. The number of hydrogen-bond donors (Lipinski definition) is 1. The summed E-state index contributed by atoms with van der Waals surface area (Å²) < 4.78 is 5.99. The van der Waals surface area contributed by atoms with Gasteiger partial charge >= 0.3 is 0 Å². The largest absolute Gasteiger partial charge is 0.507 e. The zero-order valence-electron chi connectivity index (χ0n) is 13.7. The summed E-state index contributed by atoms with van der Waals surface area (Å²) in [5, 5.41) is 10.8. The number of aromatic hydroxyl groups is 1. The van der Waals surface area contributed by atoms with Gasteiger partial charge in [0, 0.05) is 18.5 Å². The first-order valence-electron chi connectivity index (χ1n) is 8.11. The molecule has 1 N–H and O–H groups in total.